The molecule has 1 N–H and O–H groups in total. The summed E-state index contributed by atoms with van der Waals surface area (Å²) in [5, 5.41) is 9.46. The van der Waals surface area contributed by atoms with Crippen molar-refractivity contribution >= 4 is 0 Å². The molecule has 0 aliphatic carbocycles. The lowest BCUT2D eigenvalue weighted by atomic mass is 10.2. The van der Waals surface area contributed by atoms with Crippen molar-refractivity contribution in [1.82, 2.24) is 0 Å². The summed E-state index contributed by atoms with van der Waals surface area (Å²) < 4.78 is 10.5. The quantitative estimate of drug-likeness (QED) is 0.576. The maximum absolute atomic E-state index is 9.46. The van der Waals surface area contributed by atoms with Crippen LogP contribution in [0.15, 0.2) is 30.9 Å². The molecule has 1 aromatic carbocycles. The molecule has 0 radical (unpaired) electrons. The van der Waals surface area contributed by atoms with Gasteiger partial charge in [0.25, 0.3) is 0 Å². The number of phenolic OH excluding ortho intramolecular Hbond substituents is 1. The number of hydrogen-bond donors (Lipinski definition) is 1. The Kier molecular flexibility index (Phi) is 4.71. The lowest BCUT2D eigenvalue weighted by Gasteiger charge is -2.08. The van der Waals surface area contributed by atoms with Crippen LogP contribution in [0.3, 0.4) is 0 Å². The van der Waals surface area contributed by atoms with Gasteiger partial charge in [-0.2, -0.15) is 0 Å². The van der Waals surface area contributed by atoms with Gasteiger partial charge in [0.15, 0.2) is 11.5 Å². The molecule has 0 spiro atoms. The fourth-order valence-corrected chi connectivity index (χ4v) is 1.18. The Morgan fingerprint density at radius 1 is 1.47 bits per heavy atom. The van der Waals surface area contributed by atoms with Gasteiger partial charge in [0.2, 0.25) is 0 Å². The Morgan fingerprint density at radius 2 is 2.27 bits per heavy atom. The largest absolute Gasteiger partial charge is 0.504 e. The first-order valence-corrected chi connectivity index (χ1v) is 4.91. The first-order chi connectivity index (χ1) is 7.27. The monoisotopic (exact) mass is 208 g/mol. The second-order valence-electron chi connectivity index (χ2n) is 3.04. The van der Waals surface area contributed by atoms with E-state index in [9.17, 15) is 5.11 Å². The van der Waals surface area contributed by atoms with Crippen LogP contribution < -0.4 is 4.74 Å². The van der Waals surface area contributed by atoms with Crippen molar-refractivity contribution in [2.24, 2.45) is 0 Å². The van der Waals surface area contributed by atoms with E-state index in [0.717, 1.165) is 5.56 Å². The van der Waals surface area contributed by atoms with Crippen LogP contribution in [0.4, 0.5) is 0 Å². The van der Waals surface area contributed by atoms with Crippen molar-refractivity contribution in [2.45, 2.75) is 13.5 Å². The molecule has 0 fully saturated rings. The van der Waals surface area contributed by atoms with Crippen LogP contribution >= 0.6 is 0 Å². The Balaban J connectivity index is 2.64. The molecule has 0 atom stereocenters. The predicted octanol–water partition coefficient (Wildman–Crippen LogP) is 2.49. The molecule has 0 amide bonds. The van der Waals surface area contributed by atoms with Gasteiger partial charge in [-0.3, -0.25) is 0 Å². The van der Waals surface area contributed by atoms with Crippen molar-refractivity contribution in [2.75, 3.05) is 13.2 Å². The third kappa shape index (κ3) is 3.64. The lowest BCUT2D eigenvalue weighted by molar-refractivity contribution is 0.148. The number of phenols is 1. The molecule has 0 aliphatic rings. The van der Waals surface area contributed by atoms with Gasteiger partial charge in [0.1, 0.15) is 0 Å². The molecule has 1 aromatic rings. The predicted molar refractivity (Wildman–Crippen MR) is 59.1 cm³/mol. The number of ether oxygens (including phenoxy) is 2. The second kappa shape index (κ2) is 6.09. The molecule has 15 heavy (non-hydrogen) atoms. The molecule has 82 valence electrons. The van der Waals surface area contributed by atoms with Crippen molar-refractivity contribution < 1.29 is 14.6 Å². The molecule has 0 bridgehead atoms. The van der Waals surface area contributed by atoms with Crippen molar-refractivity contribution in [3.8, 4) is 11.5 Å². The fraction of sp³-hybridized carbons (Fsp3) is 0.333. The van der Waals surface area contributed by atoms with Gasteiger partial charge < -0.3 is 14.6 Å². The van der Waals surface area contributed by atoms with E-state index in [1.807, 2.05) is 6.92 Å². The molecule has 0 heterocycles. The van der Waals surface area contributed by atoms with Crippen LogP contribution in [0.5, 0.6) is 11.5 Å². The summed E-state index contributed by atoms with van der Waals surface area (Å²) in [7, 11) is 0. The Morgan fingerprint density at radius 3 is 2.93 bits per heavy atom. The van der Waals surface area contributed by atoms with Crippen LogP contribution in [0.1, 0.15) is 12.5 Å². The molecular formula is C12H16O3. The average molecular weight is 208 g/mol. The number of benzene rings is 1. The summed E-state index contributed by atoms with van der Waals surface area (Å²) >= 11 is 0. The van der Waals surface area contributed by atoms with Crippen molar-refractivity contribution in [1.29, 1.82) is 0 Å². The zero-order chi connectivity index (χ0) is 11.1. The summed E-state index contributed by atoms with van der Waals surface area (Å²) in [5.74, 6) is 0.654. The van der Waals surface area contributed by atoms with Crippen molar-refractivity contribution in [3.05, 3.63) is 36.4 Å². The maximum atomic E-state index is 9.46. The molecule has 0 saturated carbocycles. The fourth-order valence-electron chi connectivity index (χ4n) is 1.18. The summed E-state index contributed by atoms with van der Waals surface area (Å²) in [6, 6.07) is 5.19. The highest BCUT2D eigenvalue weighted by atomic mass is 16.5. The Hall–Kier alpha value is -1.48. The van der Waals surface area contributed by atoms with Gasteiger partial charge in [-0.1, -0.05) is 12.1 Å². The van der Waals surface area contributed by atoms with E-state index >= 15 is 0 Å². The molecular weight excluding hydrogens is 192 g/mol. The smallest absolute Gasteiger partial charge is 0.161 e. The molecule has 0 aliphatic heterocycles. The summed E-state index contributed by atoms with van der Waals surface area (Å²) in [4.78, 5) is 0. The SMILES string of the molecule is C=CCOCc1ccc(O)c(OCC)c1. The minimum Gasteiger partial charge on any atom is -0.504 e. The van der Waals surface area contributed by atoms with Crippen molar-refractivity contribution in [3.63, 3.8) is 0 Å². The lowest BCUT2D eigenvalue weighted by Crippen LogP contribution is -1.96. The molecule has 3 nitrogen and oxygen atoms in total. The Bertz CT molecular complexity index is 321. The minimum atomic E-state index is 0.157. The highest BCUT2D eigenvalue weighted by Crippen LogP contribution is 2.26. The third-order valence-corrected chi connectivity index (χ3v) is 1.83. The van der Waals surface area contributed by atoms with Crippen LogP contribution in [0.25, 0.3) is 0 Å². The summed E-state index contributed by atoms with van der Waals surface area (Å²) in [6.07, 6.45) is 1.70. The van der Waals surface area contributed by atoms with Gasteiger partial charge in [-0.25, -0.2) is 0 Å². The van der Waals surface area contributed by atoms with Gasteiger partial charge >= 0.3 is 0 Å². The summed E-state index contributed by atoms with van der Waals surface area (Å²) in [5.41, 5.74) is 0.970. The number of aromatic hydroxyl groups is 1. The zero-order valence-corrected chi connectivity index (χ0v) is 8.90. The van der Waals surface area contributed by atoms with E-state index < -0.39 is 0 Å². The highest BCUT2D eigenvalue weighted by Gasteiger charge is 2.03. The van der Waals surface area contributed by atoms with Gasteiger partial charge in [-0.05, 0) is 24.6 Å². The van der Waals surface area contributed by atoms with E-state index in [0.29, 0.717) is 25.6 Å². The molecule has 3 heteroatoms. The van der Waals surface area contributed by atoms with E-state index in [2.05, 4.69) is 6.58 Å². The van der Waals surface area contributed by atoms with Crippen LogP contribution in [0, 0.1) is 0 Å². The van der Waals surface area contributed by atoms with Crippen LogP contribution in [-0.4, -0.2) is 18.3 Å². The second-order valence-corrected chi connectivity index (χ2v) is 3.04. The normalized spacial score (nSPS) is 9.93. The van der Waals surface area contributed by atoms with E-state index in [1.54, 1.807) is 24.3 Å². The van der Waals surface area contributed by atoms with Crippen LogP contribution in [-0.2, 0) is 11.3 Å². The third-order valence-electron chi connectivity index (χ3n) is 1.83. The molecule has 0 unspecified atom stereocenters. The highest BCUT2D eigenvalue weighted by molar-refractivity contribution is 5.41. The van der Waals surface area contributed by atoms with Gasteiger partial charge in [0, 0.05) is 0 Å². The first kappa shape index (κ1) is 11.6. The minimum absolute atomic E-state index is 0.157. The van der Waals surface area contributed by atoms with Gasteiger partial charge in [-0.15, -0.1) is 6.58 Å². The number of hydrogen-bond acceptors (Lipinski definition) is 3. The van der Waals surface area contributed by atoms with Gasteiger partial charge in [0.05, 0.1) is 19.8 Å². The van der Waals surface area contributed by atoms with E-state index in [4.69, 9.17) is 9.47 Å². The molecule has 1 rings (SSSR count). The number of rotatable bonds is 6. The topological polar surface area (TPSA) is 38.7 Å². The average Bonchev–Trinajstić information content (AvgIpc) is 2.23. The summed E-state index contributed by atoms with van der Waals surface area (Å²) in [6.45, 7) is 6.98. The Labute approximate surface area is 90.0 Å². The maximum Gasteiger partial charge on any atom is 0.161 e. The standard InChI is InChI=1S/C12H16O3/c1-3-7-14-9-10-5-6-11(13)12(8-10)15-4-2/h3,5-6,8,13H,1,4,7,9H2,2H3. The zero-order valence-electron chi connectivity index (χ0n) is 8.90. The van der Waals surface area contributed by atoms with E-state index in [-0.39, 0.29) is 5.75 Å². The molecule has 0 saturated heterocycles. The van der Waals surface area contributed by atoms with E-state index in [1.165, 1.54) is 0 Å². The van der Waals surface area contributed by atoms with Crippen LogP contribution in [0.2, 0.25) is 0 Å². The molecule has 0 aromatic heterocycles. The first-order valence-electron chi connectivity index (χ1n) is 4.91.